The molecule has 7 heteroatoms. The minimum atomic E-state index is -0.621. The molecule has 8 rings (SSSR count). The van der Waals surface area contributed by atoms with Gasteiger partial charge < -0.3 is 20.9 Å². The third-order valence-corrected chi connectivity index (χ3v) is 9.74. The van der Waals surface area contributed by atoms with Crippen LogP contribution in [0, 0.1) is 17.3 Å². The molecular formula is C29H36N4O3. The summed E-state index contributed by atoms with van der Waals surface area (Å²) in [5.41, 5.74) is 9.26. The number of nitrogen functional groups attached to an aromatic ring is 1. The SMILES string of the molecule is CC(c1ccc(-c2cnc(N)c(C(=O)NC34CC5CC(CC(O)(C5)C3)C4)c2)cc1)N1CC2(COC2)C1. The molecule has 1 amide bonds. The fraction of sp³-hybridized carbons (Fsp3) is 0.586. The van der Waals surface area contributed by atoms with Crippen molar-refractivity contribution in [3.8, 4) is 11.1 Å². The fourth-order valence-corrected chi connectivity index (χ4v) is 8.31. The van der Waals surface area contributed by atoms with Crippen molar-refractivity contribution >= 4 is 11.7 Å². The van der Waals surface area contributed by atoms with Crippen LogP contribution in [0.1, 0.15) is 67.4 Å². The van der Waals surface area contributed by atoms with Gasteiger partial charge in [0.25, 0.3) is 5.91 Å². The van der Waals surface area contributed by atoms with Gasteiger partial charge in [-0.1, -0.05) is 24.3 Å². The Labute approximate surface area is 212 Å². The van der Waals surface area contributed by atoms with E-state index in [-0.39, 0.29) is 17.3 Å². The molecule has 36 heavy (non-hydrogen) atoms. The van der Waals surface area contributed by atoms with Gasteiger partial charge in [0.2, 0.25) is 0 Å². The summed E-state index contributed by atoms with van der Waals surface area (Å²) in [6.07, 6.45) is 7.24. The Morgan fingerprint density at radius 2 is 1.83 bits per heavy atom. The monoisotopic (exact) mass is 488 g/mol. The summed E-state index contributed by atoms with van der Waals surface area (Å²) in [4.78, 5) is 20.3. The van der Waals surface area contributed by atoms with Crippen LogP contribution in [0.4, 0.5) is 5.82 Å². The second-order valence-electron chi connectivity index (χ2n) is 12.8. The number of carbonyl (C=O) groups excluding carboxylic acids is 1. The number of amides is 1. The zero-order valence-electron chi connectivity index (χ0n) is 21.0. The molecule has 6 aliphatic rings. The zero-order valence-corrected chi connectivity index (χ0v) is 21.0. The number of benzene rings is 1. The van der Waals surface area contributed by atoms with E-state index in [0.29, 0.717) is 35.3 Å². The first kappa shape index (κ1) is 22.7. The molecule has 4 saturated carbocycles. The van der Waals surface area contributed by atoms with Crippen molar-refractivity contribution in [3.63, 3.8) is 0 Å². The van der Waals surface area contributed by atoms with E-state index in [4.69, 9.17) is 10.5 Å². The summed E-state index contributed by atoms with van der Waals surface area (Å²) in [5.74, 6) is 1.08. The van der Waals surface area contributed by atoms with Crippen molar-refractivity contribution in [1.82, 2.24) is 15.2 Å². The predicted molar refractivity (Wildman–Crippen MR) is 137 cm³/mol. The van der Waals surface area contributed by atoms with Gasteiger partial charge in [-0.25, -0.2) is 4.98 Å². The largest absolute Gasteiger partial charge is 0.390 e. The maximum absolute atomic E-state index is 13.5. The molecule has 2 aliphatic heterocycles. The molecule has 1 aromatic heterocycles. The van der Waals surface area contributed by atoms with E-state index in [9.17, 15) is 9.90 Å². The summed E-state index contributed by atoms with van der Waals surface area (Å²) in [7, 11) is 0. The van der Waals surface area contributed by atoms with Gasteiger partial charge in [0.15, 0.2) is 0 Å². The van der Waals surface area contributed by atoms with E-state index in [1.54, 1.807) is 6.20 Å². The van der Waals surface area contributed by atoms with Gasteiger partial charge in [-0.3, -0.25) is 9.69 Å². The van der Waals surface area contributed by atoms with Gasteiger partial charge in [0.05, 0.1) is 24.4 Å². The highest BCUT2D eigenvalue weighted by molar-refractivity contribution is 6.00. The van der Waals surface area contributed by atoms with E-state index in [0.717, 1.165) is 63.1 Å². The van der Waals surface area contributed by atoms with Crippen molar-refractivity contribution in [1.29, 1.82) is 0 Å². The molecule has 4 N–H and O–H groups in total. The molecule has 1 spiro atoms. The Kier molecular flexibility index (Phi) is 4.89. The molecular weight excluding hydrogens is 452 g/mol. The lowest BCUT2D eigenvalue weighted by Gasteiger charge is -2.60. The zero-order chi connectivity index (χ0) is 24.7. The van der Waals surface area contributed by atoms with Crippen molar-refractivity contribution in [2.75, 3.05) is 32.0 Å². The van der Waals surface area contributed by atoms with Gasteiger partial charge in [-0.2, -0.15) is 0 Å². The topological polar surface area (TPSA) is 101 Å². The number of carbonyl (C=O) groups is 1. The summed E-state index contributed by atoms with van der Waals surface area (Å²) in [5, 5.41) is 14.4. The number of nitrogens with one attached hydrogen (secondary N) is 1. The van der Waals surface area contributed by atoms with Crippen LogP contribution in [0.25, 0.3) is 11.1 Å². The maximum Gasteiger partial charge on any atom is 0.255 e. The van der Waals surface area contributed by atoms with Crippen molar-refractivity contribution in [2.24, 2.45) is 17.3 Å². The van der Waals surface area contributed by atoms with Gasteiger partial charge in [0.1, 0.15) is 5.82 Å². The fourth-order valence-electron chi connectivity index (χ4n) is 8.31. The normalized spacial score (nSPS) is 34.7. The van der Waals surface area contributed by atoms with Crippen LogP contribution in [0.3, 0.4) is 0 Å². The standard InChI is InChI=1S/C29H36N4O3/c1-18(33-14-27(15-33)16-36-17-27)21-2-4-22(5-3-21)23-7-24(25(30)31-12-23)26(34)32-28-8-19-6-20(9-28)11-29(35,10-19)13-28/h2-5,7,12,18-20,35H,6,8-11,13-17H2,1H3,(H2,30,31)(H,32,34). The maximum atomic E-state index is 13.5. The van der Waals surface area contributed by atoms with Crippen molar-refractivity contribution < 1.29 is 14.6 Å². The molecule has 0 radical (unpaired) electrons. The van der Waals surface area contributed by atoms with E-state index in [1.807, 2.05) is 6.07 Å². The first-order valence-corrected chi connectivity index (χ1v) is 13.5. The van der Waals surface area contributed by atoms with Gasteiger partial charge in [-0.15, -0.1) is 0 Å². The predicted octanol–water partition coefficient (Wildman–Crippen LogP) is 3.54. The second-order valence-corrected chi connectivity index (χ2v) is 12.8. The Morgan fingerprint density at radius 3 is 2.44 bits per heavy atom. The molecule has 6 fully saturated rings. The van der Waals surface area contributed by atoms with Crippen molar-refractivity contribution in [3.05, 3.63) is 47.7 Å². The first-order chi connectivity index (χ1) is 17.2. The highest BCUT2D eigenvalue weighted by Crippen LogP contribution is 2.57. The molecule has 2 saturated heterocycles. The van der Waals surface area contributed by atoms with Crippen LogP contribution in [-0.4, -0.2) is 58.3 Å². The number of pyridine rings is 1. The average molecular weight is 489 g/mol. The third-order valence-electron chi connectivity index (χ3n) is 9.74. The lowest BCUT2D eigenvalue weighted by Crippen LogP contribution is -2.66. The molecule has 3 heterocycles. The number of hydrogen-bond acceptors (Lipinski definition) is 6. The average Bonchev–Trinajstić information content (AvgIpc) is 2.75. The molecule has 190 valence electrons. The molecule has 2 aromatic rings. The number of nitrogens with zero attached hydrogens (tertiary/aromatic N) is 2. The van der Waals surface area contributed by atoms with Crippen LogP contribution < -0.4 is 11.1 Å². The highest BCUT2D eigenvalue weighted by atomic mass is 16.5. The van der Waals surface area contributed by atoms with Crippen LogP contribution in [0.15, 0.2) is 36.5 Å². The molecule has 3 unspecified atom stereocenters. The first-order valence-electron chi connectivity index (χ1n) is 13.5. The number of hydrogen-bond donors (Lipinski definition) is 3. The number of rotatable bonds is 5. The van der Waals surface area contributed by atoms with E-state index < -0.39 is 5.60 Å². The van der Waals surface area contributed by atoms with Gasteiger partial charge >= 0.3 is 0 Å². The molecule has 1 aromatic carbocycles. The summed E-state index contributed by atoms with van der Waals surface area (Å²) >= 11 is 0. The Hall–Kier alpha value is -2.48. The Bertz CT molecular complexity index is 1190. The summed E-state index contributed by atoms with van der Waals surface area (Å²) < 4.78 is 5.41. The van der Waals surface area contributed by atoms with Crippen LogP contribution in [-0.2, 0) is 4.74 Å². The number of aliphatic hydroxyl groups is 1. The Balaban J connectivity index is 1.07. The molecule has 3 atom stereocenters. The molecule has 4 bridgehead atoms. The van der Waals surface area contributed by atoms with E-state index >= 15 is 0 Å². The number of ether oxygens (including phenoxy) is 1. The van der Waals surface area contributed by atoms with Crippen LogP contribution in [0.2, 0.25) is 0 Å². The molecule has 7 nitrogen and oxygen atoms in total. The number of likely N-dealkylation sites (tertiary alicyclic amines) is 1. The number of aromatic nitrogens is 1. The smallest absolute Gasteiger partial charge is 0.255 e. The number of nitrogens with two attached hydrogens (primary N) is 1. The van der Waals surface area contributed by atoms with Gasteiger partial charge in [-0.05, 0) is 74.5 Å². The highest BCUT2D eigenvalue weighted by Gasteiger charge is 2.57. The van der Waals surface area contributed by atoms with E-state index in [1.165, 1.54) is 12.0 Å². The van der Waals surface area contributed by atoms with Gasteiger partial charge in [0, 0.05) is 41.8 Å². The van der Waals surface area contributed by atoms with E-state index in [2.05, 4.69) is 46.4 Å². The summed E-state index contributed by atoms with van der Waals surface area (Å²) in [6.45, 7) is 6.28. The Morgan fingerprint density at radius 1 is 1.14 bits per heavy atom. The lowest BCUT2D eigenvalue weighted by atomic mass is 9.51. The molecule has 4 aliphatic carbocycles. The van der Waals surface area contributed by atoms with Crippen LogP contribution >= 0.6 is 0 Å². The number of anilines is 1. The van der Waals surface area contributed by atoms with Crippen LogP contribution in [0.5, 0.6) is 0 Å². The quantitative estimate of drug-likeness (QED) is 0.595. The third kappa shape index (κ3) is 3.66. The van der Waals surface area contributed by atoms with Crippen molar-refractivity contribution in [2.45, 2.75) is 62.6 Å². The minimum Gasteiger partial charge on any atom is -0.390 e. The lowest BCUT2D eigenvalue weighted by molar-refractivity contribution is -0.197. The minimum absolute atomic E-state index is 0.177. The second kappa shape index (κ2) is 7.76. The summed E-state index contributed by atoms with van der Waals surface area (Å²) in [6, 6.07) is 10.8.